The van der Waals surface area contributed by atoms with Crippen LogP contribution in [0.1, 0.15) is 24.4 Å². The van der Waals surface area contributed by atoms with Crippen molar-refractivity contribution in [2.45, 2.75) is 26.1 Å². The van der Waals surface area contributed by atoms with Crippen molar-refractivity contribution in [1.29, 1.82) is 0 Å². The third kappa shape index (κ3) is 3.01. The molecule has 0 spiro atoms. The topological polar surface area (TPSA) is 61.2 Å². The van der Waals surface area contributed by atoms with Crippen LogP contribution < -0.4 is 5.32 Å². The van der Waals surface area contributed by atoms with Gasteiger partial charge in [0.25, 0.3) is 0 Å². The Labute approximate surface area is 95.9 Å². The van der Waals surface area contributed by atoms with Crippen molar-refractivity contribution in [2.24, 2.45) is 0 Å². The van der Waals surface area contributed by atoms with Gasteiger partial charge in [0.05, 0.1) is 24.9 Å². The fourth-order valence-corrected chi connectivity index (χ4v) is 1.55. The minimum absolute atomic E-state index is 0.0183. The second kappa shape index (κ2) is 6.57. The summed E-state index contributed by atoms with van der Waals surface area (Å²) in [5, 5.41) is 11.3. The van der Waals surface area contributed by atoms with Crippen molar-refractivity contribution < 1.29 is 9.47 Å². The molecule has 0 aromatic carbocycles. The van der Waals surface area contributed by atoms with Gasteiger partial charge in [-0.1, -0.05) is 5.21 Å². The van der Waals surface area contributed by atoms with Crippen molar-refractivity contribution >= 4 is 0 Å². The monoisotopic (exact) mass is 228 g/mol. The normalized spacial score (nSPS) is 13.0. The SMILES string of the molecule is CNCc1nnn(CCOC)c1C(C)OC. The number of nitrogens with one attached hydrogen (secondary N) is 1. The number of nitrogens with zero attached hydrogens (tertiary/aromatic N) is 3. The van der Waals surface area contributed by atoms with Crippen LogP contribution in [0.3, 0.4) is 0 Å². The molecule has 1 rings (SSSR count). The molecule has 16 heavy (non-hydrogen) atoms. The summed E-state index contributed by atoms with van der Waals surface area (Å²) in [7, 11) is 5.24. The Morgan fingerprint density at radius 1 is 1.44 bits per heavy atom. The maximum absolute atomic E-state index is 5.33. The minimum Gasteiger partial charge on any atom is -0.383 e. The zero-order chi connectivity index (χ0) is 12.0. The average Bonchev–Trinajstić information content (AvgIpc) is 2.69. The molecule has 0 aliphatic heterocycles. The smallest absolute Gasteiger partial charge is 0.102 e. The van der Waals surface area contributed by atoms with E-state index in [-0.39, 0.29) is 6.10 Å². The lowest BCUT2D eigenvalue weighted by atomic mass is 10.2. The van der Waals surface area contributed by atoms with Gasteiger partial charge in [0.1, 0.15) is 5.69 Å². The van der Waals surface area contributed by atoms with Crippen LogP contribution in [-0.4, -0.2) is 42.9 Å². The van der Waals surface area contributed by atoms with E-state index in [0.717, 1.165) is 11.4 Å². The molecule has 0 radical (unpaired) electrons. The van der Waals surface area contributed by atoms with Crippen LogP contribution in [0.5, 0.6) is 0 Å². The molecule has 0 saturated carbocycles. The predicted octanol–water partition coefficient (Wildman–Crippen LogP) is 0.351. The lowest BCUT2D eigenvalue weighted by Crippen LogP contribution is -2.15. The molecular formula is C10H20N4O2. The van der Waals surface area contributed by atoms with E-state index in [1.54, 1.807) is 14.2 Å². The van der Waals surface area contributed by atoms with Gasteiger partial charge < -0.3 is 14.8 Å². The Bertz CT molecular complexity index is 314. The summed E-state index contributed by atoms with van der Waals surface area (Å²) in [5.74, 6) is 0. The summed E-state index contributed by atoms with van der Waals surface area (Å²) in [6, 6.07) is 0. The van der Waals surface area contributed by atoms with Gasteiger partial charge in [0.15, 0.2) is 0 Å². The second-order valence-corrected chi connectivity index (χ2v) is 3.55. The molecule has 1 aromatic heterocycles. The largest absolute Gasteiger partial charge is 0.383 e. The lowest BCUT2D eigenvalue weighted by molar-refractivity contribution is 0.107. The highest BCUT2D eigenvalue weighted by Crippen LogP contribution is 2.18. The quantitative estimate of drug-likeness (QED) is 0.729. The van der Waals surface area contributed by atoms with Crippen LogP contribution in [-0.2, 0) is 22.6 Å². The standard InChI is InChI=1S/C10H20N4O2/c1-8(16-4)10-9(7-11-2)12-13-14(10)5-6-15-3/h8,11H,5-7H2,1-4H3. The number of hydrogen-bond acceptors (Lipinski definition) is 5. The molecule has 0 bridgehead atoms. The first-order chi connectivity index (χ1) is 7.74. The van der Waals surface area contributed by atoms with Gasteiger partial charge in [0.2, 0.25) is 0 Å². The number of rotatable bonds is 7. The first-order valence-electron chi connectivity index (χ1n) is 5.33. The summed E-state index contributed by atoms with van der Waals surface area (Å²) < 4.78 is 12.2. The molecule has 6 nitrogen and oxygen atoms in total. The van der Waals surface area contributed by atoms with E-state index in [1.165, 1.54) is 0 Å². The van der Waals surface area contributed by atoms with Gasteiger partial charge in [-0.25, -0.2) is 4.68 Å². The minimum atomic E-state index is -0.0183. The molecule has 0 fully saturated rings. The molecule has 6 heteroatoms. The van der Waals surface area contributed by atoms with Gasteiger partial charge in [-0.3, -0.25) is 0 Å². The number of methoxy groups -OCH3 is 2. The lowest BCUT2D eigenvalue weighted by Gasteiger charge is -2.13. The average molecular weight is 228 g/mol. The third-order valence-electron chi connectivity index (χ3n) is 2.44. The highest BCUT2D eigenvalue weighted by atomic mass is 16.5. The molecular weight excluding hydrogens is 208 g/mol. The zero-order valence-electron chi connectivity index (χ0n) is 10.4. The first kappa shape index (κ1) is 13.1. The Morgan fingerprint density at radius 3 is 2.75 bits per heavy atom. The molecule has 1 heterocycles. The van der Waals surface area contributed by atoms with E-state index in [0.29, 0.717) is 19.7 Å². The molecule has 0 aliphatic rings. The van der Waals surface area contributed by atoms with E-state index in [1.807, 2.05) is 18.7 Å². The van der Waals surface area contributed by atoms with E-state index in [9.17, 15) is 0 Å². The van der Waals surface area contributed by atoms with E-state index in [2.05, 4.69) is 15.6 Å². The van der Waals surface area contributed by atoms with Gasteiger partial charge in [-0.2, -0.15) is 0 Å². The molecule has 1 N–H and O–H groups in total. The molecule has 0 saturated heterocycles. The van der Waals surface area contributed by atoms with Crippen LogP contribution in [0.25, 0.3) is 0 Å². The Morgan fingerprint density at radius 2 is 2.19 bits per heavy atom. The molecule has 1 atom stereocenters. The summed E-state index contributed by atoms with van der Waals surface area (Å²) in [6.07, 6.45) is -0.0183. The molecule has 0 amide bonds. The zero-order valence-corrected chi connectivity index (χ0v) is 10.4. The Kier molecular flexibility index (Phi) is 5.37. The summed E-state index contributed by atoms with van der Waals surface area (Å²) in [6.45, 7) is 3.99. The van der Waals surface area contributed by atoms with Crippen molar-refractivity contribution in [3.63, 3.8) is 0 Å². The van der Waals surface area contributed by atoms with Crippen molar-refractivity contribution in [2.75, 3.05) is 27.9 Å². The van der Waals surface area contributed by atoms with Crippen LogP contribution in [0.15, 0.2) is 0 Å². The maximum atomic E-state index is 5.33. The predicted molar refractivity (Wildman–Crippen MR) is 60.1 cm³/mol. The van der Waals surface area contributed by atoms with Gasteiger partial charge in [-0.05, 0) is 14.0 Å². The van der Waals surface area contributed by atoms with Crippen molar-refractivity contribution in [3.05, 3.63) is 11.4 Å². The second-order valence-electron chi connectivity index (χ2n) is 3.55. The van der Waals surface area contributed by atoms with Crippen molar-refractivity contribution in [1.82, 2.24) is 20.3 Å². The number of hydrogen-bond donors (Lipinski definition) is 1. The van der Waals surface area contributed by atoms with E-state index >= 15 is 0 Å². The fourth-order valence-electron chi connectivity index (χ4n) is 1.55. The third-order valence-corrected chi connectivity index (χ3v) is 2.44. The highest BCUT2D eigenvalue weighted by Gasteiger charge is 2.17. The number of aromatic nitrogens is 3. The van der Waals surface area contributed by atoms with Gasteiger partial charge >= 0.3 is 0 Å². The molecule has 92 valence electrons. The van der Waals surface area contributed by atoms with Gasteiger partial charge in [-0.15, -0.1) is 5.10 Å². The molecule has 1 aromatic rings. The highest BCUT2D eigenvalue weighted by molar-refractivity contribution is 5.12. The summed E-state index contributed by atoms with van der Waals surface area (Å²) in [4.78, 5) is 0. The maximum Gasteiger partial charge on any atom is 0.102 e. The Balaban J connectivity index is 2.89. The van der Waals surface area contributed by atoms with Crippen LogP contribution in [0.4, 0.5) is 0 Å². The van der Waals surface area contributed by atoms with E-state index < -0.39 is 0 Å². The Hall–Kier alpha value is -0.980. The van der Waals surface area contributed by atoms with Crippen LogP contribution in [0.2, 0.25) is 0 Å². The number of ether oxygens (including phenoxy) is 2. The molecule has 1 unspecified atom stereocenters. The van der Waals surface area contributed by atoms with E-state index in [4.69, 9.17) is 9.47 Å². The van der Waals surface area contributed by atoms with Crippen LogP contribution >= 0.6 is 0 Å². The molecule has 0 aliphatic carbocycles. The summed E-state index contributed by atoms with van der Waals surface area (Å²) >= 11 is 0. The first-order valence-corrected chi connectivity index (χ1v) is 5.33. The fraction of sp³-hybridized carbons (Fsp3) is 0.800. The van der Waals surface area contributed by atoms with Crippen molar-refractivity contribution in [3.8, 4) is 0 Å². The van der Waals surface area contributed by atoms with Gasteiger partial charge in [0, 0.05) is 20.8 Å². The van der Waals surface area contributed by atoms with Crippen LogP contribution in [0, 0.1) is 0 Å². The summed E-state index contributed by atoms with van der Waals surface area (Å²) in [5.41, 5.74) is 1.93.